The number of hydrogen-bond donors (Lipinski definition) is 0. The van der Waals surface area contributed by atoms with E-state index in [1.54, 1.807) is 11.6 Å². The predicted molar refractivity (Wildman–Crippen MR) is 106 cm³/mol. The van der Waals surface area contributed by atoms with Crippen LogP contribution in [0.5, 0.6) is 5.75 Å². The lowest BCUT2D eigenvalue weighted by atomic mass is 10.1. The number of nitrogens with zero attached hydrogens (tertiary/aromatic N) is 5. The van der Waals surface area contributed by atoms with Crippen LogP contribution >= 0.6 is 0 Å². The van der Waals surface area contributed by atoms with E-state index in [9.17, 15) is 0 Å². The van der Waals surface area contributed by atoms with E-state index in [0.717, 1.165) is 35.8 Å². The molecule has 0 N–H and O–H groups in total. The van der Waals surface area contributed by atoms with Gasteiger partial charge in [0, 0.05) is 25.2 Å². The van der Waals surface area contributed by atoms with E-state index in [1.165, 1.54) is 11.9 Å². The molecule has 2 aromatic carbocycles. The summed E-state index contributed by atoms with van der Waals surface area (Å²) in [6.07, 6.45) is 2.46. The van der Waals surface area contributed by atoms with Crippen molar-refractivity contribution in [2.75, 3.05) is 25.6 Å². The summed E-state index contributed by atoms with van der Waals surface area (Å²) in [4.78, 5) is 11.1. The second kappa shape index (κ2) is 7.45. The van der Waals surface area contributed by atoms with Gasteiger partial charge in [-0.2, -0.15) is 14.6 Å². The molecule has 0 radical (unpaired) electrons. The van der Waals surface area contributed by atoms with Crippen LogP contribution < -0.4 is 9.64 Å². The molecule has 0 saturated heterocycles. The lowest BCUT2D eigenvalue weighted by molar-refractivity contribution is 0.414. The average Bonchev–Trinajstić information content (AvgIpc) is 3.21. The van der Waals surface area contributed by atoms with Gasteiger partial charge in [0.05, 0.1) is 12.8 Å². The van der Waals surface area contributed by atoms with E-state index in [-0.39, 0.29) is 0 Å². The number of fused-ring (bicyclic) bond motifs is 1. The van der Waals surface area contributed by atoms with Crippen LogP contribution in [0.15, 0.2) is 67.0 Å². The highest BCUT2D eigenvalue weighted by atomic mass is 16.5. The number of aromatic nitrogens is 4. The Balaban J connectivity index is 1.60. The third kappa shape index (κ3) is 3.60. The zero-order chi connectivity index (χ0) is 18.6. The SMILES string of the molecule is COc1ccc(CCN(C)c2cc(-c3ccccc3)nc3ncnn23)cc1. The first-order valence-electron chi connectivity index (χ1n) is 8.85. The first-order chi connectivity index (χ1) is 13.2. The minimum atomic E-state index is 0.600. The number of likely N-dealkylation sites (N-methyl/N-ethyl adjacent to an activating group) is 1. The highest BCUT2D eigenvalue weighted by Crippen LogP contribution is 2.23. The first kappa shape index (κ1) is 17.0. The van der Waals surface area contributed by atoms with Gasteiger partial charge in [-0.1, -0.05) is 42.5 Å². The largest absolute Gasteiger partial charge is 0.497 e. The maximum Gasteiger partial charge on any atom is 0.254 e. The maximum absolute atomic E-state index is 5.22. The topological polar surface area (TPSA) is 55.5 Å². The second-order valence-electron chi connectivity index (χ2n) is 6.36. The van der Waals surface area contributed by atoms with Gasteiger partial charge in [-0.25, -0.2) is 4.98 Å². The fourth-order valence-electron chi connectivity index (χ4n) is 3.03. The molecule has 0 bridgehead atoms. The molecule has 0 amide bonds. The summed E-state index contributed by atoms with van der Waals surface area (Å²) in [6.45, 7) is 0.847. The summed E-state index contributed by atoms with van der Waals surface area (Å²) in [5.74, 6) is 2.44. The number of anilines is 1. The van der Waals surface area contributed by atoms with Crippen molar-refractivity contribution in [3.8, 4) is 17.0 Å². The summed E-state index contributed by atoms with van der Waals surface area (Å²) in [5, 5.41) is 4.34. The molecular formula is C21H21N5O. The Morgan fingerprint density at radius 2 is 1.81 bits per heavy atom. The van der Waals surface area contributed by atoms with Gasteiger partial charge in [-0.05, 0) is 24.1 Å². The van der Waals surface area contributed by atoms with Crippen LogP contribution in [0.25, 0.3) is 17.0 Å². The summed E-state index contributed by atoms with van der Waals surface area (Å²) in [5.41, 5.74) is 3.21. The second-order valence-corrected chi connectivity index (χ2v) is 6.36. The lowest BCUT2D eigenvalue weighted by Crippen LogP contribution is -2.23. The van der Waals surface area contributed by atoms with Crippen molar-refractivity contribution in [1.29, 1.82) is 0 Å². The molecule has 4 rings (SSSR count). The first-order valence-corrected chi connectivity index (χ1v) is 8.85. The van der Waals surface area contributed by atoms with Gasteiger partial charge in [-0.15, -0.1) is 0 Å². The Labute approximate surface area is 158 Å². The van der Waals surface area contributed by atoms with Gasteiger partial charge in [0.25, 0.3) is 5.78 Å². The van der Waals surface area contributed by atoms with Crippen molar-refractivity contribution in [3.63, 3.8) is 0 Å². The van der Waals surface area contributed by atoms with E-state index >= 15 is 0 Å². The van der Waals surface area contributed by atoms with E-state index in [0.29, 0.717) is 5.78 Å². The molecule has 2 heterocycles. The predicted octanol–water partition coefficient (Wildman–Crippen LogP) is 3.48. The van der Waals surface area contributed by atoms with Crippen molar-refractivity contribution < 1.29 is 4.74 Å². The van der Waals surface area contributed by atoms with Crippen LogP contribution in [0.4, 0.5) is 5.82 Å². The third-order valence-electron chi connectivity index (χ3n) is 4.59. The quantitative estimate of drug-likeness (QED) is 0.528. The summed E-state index contributed by atoms with van der Waals surface area (Å²) < 4.78 is 7.00. The Morgan fingerprint density at radius 3 is 2.56 bits per heavy atom. The lowest BCUT2D eigenvalue weighted by Gasteiger charge is -2.20. The molecule has 136 valence electrons. The third-order valence-corrected chi connectivity index (χ3v) is 4.59. The number of ether oxygens (including phenoxy) is 1. The number of rotatable bonds is 6. The molecule has 0 aliphatic carbocycles. The fraction of sp³-hybridized carbons (Fsp3) is 0.190. The Hall–Kier alpha value is -3.41. The molecule has 27 heavy (non-hydrogen) atoms. The fourth-order valence-corrected chi connectivity index (χ4v) is 3.03. The molecule has 0 atom stereocenters. The molecule has 0 spiro atoms. The summed E-state index contributed by atoms with van der Waals surface area (Å²) in [7, 11) is 3.74. The molecule has 0 fully saturated rings. The summed E-state index contributed by atoms with van der Waals surface area (Å²) >= 11 is 0. The molecular weight excluding hydrogens is 338 g/mol. The van der Waals surface area contributed by atoms with Gasteiger partial charge in [0.2, 0.25) is 0 Å². The molecule has 0 unspecified atom stereocenters. The molecule has 6 heteroatoms. The van der Waals surface area contributed by atoms with Crippen molar-refractivity contribution in [2.24, 2.45) is 0 Å². The van der Waals surface area contributed by atoms with Crippen molar-refractivity contribution >= 4 is 11.6 Å². The standard InChI is InChI=1S/C21H21N5O/c1-25(13-12-16-8-10-18(27-2)11-9-16)20-14-19(17-6-4-3-5-7-17)24-21-22-15-23-26(20)21/h3-11,14-15H,12-13H2,1-2H3. The van der Waals surface area contributed by atoms with E-state index < -0.39 is 0 Å². The summed E-state index contributed by atoms with van der Waals surface area (Å²) in [6, 6.07) is 20.4. The molecule has 0 saturated carbocycles. The van der Waals surface area contributed by atoms with Crippen LogP contribution in [0.1, 0.15) is 5.56 Å². The van der Waals surface area contributed by atoms with E-state index in [1.807, 2.05) is 30.3 Å². The highest BCUT2D eigenvalue weighted by Gasteiger charge is 2.12. The van der Waals surface area contributed by atoms with Gasteiger partial charge in [0.1, 0.15) is 17.9 Å². The van der Waals surface area contributed by atoms with Gasteiger partial charge in [-0.3, -0.25) is 0 Å². The smallest absolute Gasteiger partial charge is 0.254 e. The number of methoxy groups -OCH3 is 1. The van der Waals surface area contributed by atoms with E-state index in [2.05, 4.69) is 57.3 Å². The molecule has 6 nitrogen and oxygen atoms in total. The van der Waals surface area contributed by atoms with E-state index in [4.69, 9.17) is 4.74 Å². The molecule has 0 aliphatic heterocycles. The van der Waals surface area contributed by atoms with Crippen LogP contribution in [0, 0.1) is 0 Å². The van der Waals surface area contributed by atoms with Crippen LogP contribution in [-0.2, 0) is 6.42 Å². The Kier molecular flexibility index (Phi) is 4.70. The van der Waals surface area contributed by atoms with Crippen LogP contribution in [0.2, 0.25) is 0 Å². The van der Waals surface area contributed by atoms with Gasteiger partial charge >= 0.3 is 0 Å². The highest BCUT2D eigenvalue weighted by molar-refractivity contribution is 5.65. The Bertz CT molecular complexity index is 1030. The maximum atomic E-state index is 5.22. The Morgan fingerprint density at radius 1 is 1.04 bits per heavy atom. The molecule has 0 aliphatic rings. The van der Waals surface area contributed by atoms with Crippen LogP contribution in [-0.4, -0.2) is 40.3 Å². The van der Waals surface area contributed by atoms with Gasteiger partial charge < -0.3 is 9.64 Å². The number of hydrogen-bond acceptors (Lipinski definition) is 5. The average molecular weight is 359 g/mol. The zero-order valence-corrected chi connectivity index (χ0v) is 15.4. The minimum Gasteiger partial charge on any atom is -0.497 e. The monoisotopic (exact) mass is 359 g/mol. The zero-order valence-electron chi connectivity index (χ0n) is 15.4. The molecule has 2 aromatic heterocycles. The number of benzene rings is 2. The van der Waals surface area contributed by atoms with Crippen molar-refractivity contribution in [1.82, 2.24) is 19.6 Å². The minimum absolute atomic E-state index is 0.600. The van der Waals surface area contributed by atoms with Gasteiger partial charge in [0.15, 0.2) is 0 Å². The molecule has 4 aromatic rings. The normalized spacial score (nSPS) is 10.9. The van der Waals surface area contributed by atoms with Crippen molar-refractivity contribution in [2.45, 2.75) is 6.42 Å². The van der Waals surface area contributed by atoms with Crippen molar-refractivity contribution in [3.05, 3.63) is 72.6 Å². The van der Waals surface area contributed by atoms with Crippen LogP contribution in [0.3, 0.4) is 0 Å².